The van der Waals surface area contributed by atoms with Crippen molar-refractivity contribution in [3.8, 4) is 11.1 Å². The number of likely N-dealkylation sites (N-methyl/N-ethyl adjacent to an activating group) is 1. The number of nitrogens with two attached hydrogens (primary N) is 1. The quantitative estimate of drug-likeness (QED) is 0.786. The highest BCUT2D eigenvalue weighted by atomic mass is 35.5. The molecular formula is C18H20ClFN2O. The third-order valence-corrected chi connectivity index (χ3v) is 4.11. The Morgan fingerprint density at radius 2 is 1.87 bits per heavy atom. The highest BCUT2D eigenvalue weighted by Crippen LogP contribution is 2.33. The Morgan fingerprint density at radius 3 is 2.57 bits per heavy atom. The summed E-state index contributed by atoms with van der Waals surface area (Å²) < 4.78 is 13.7. The normalized spacial score (nSPS) is 13.3. The smallest absolute Gasteiger partial charge is 0.253 e. The van der Waals surface area contributed by atoms with Gasteiger partial charge in [0.15, 0.2) is 0 Å². The van der Waals surface area contributed by atoms with Gasteiger partial charge in [0, 0.05) is 24.7 Å². The van der Waals surface area contributed by atoms with Crippen LogP contribution in [-0.2, 0) is 6.42 Å². The summed E-state index contributed by atoms with van der Waals surface area (Å²) in [5, 5.41) is 0.396. The highest BCUT2D eigenvalue weighted by molar-refractivity contribution is 6.33. The van der Waals surface area contributed by atoms with E-state index in [1.807, 2.05) is 19.9 Å². The zero-order chi connectivity index (χ0) is 17.1. The van der Waals surface area contributed by atoms with Gasteiger partial charge in [-0.05, 0) is 35.7 Å². The van der Waals surface area contributed by atoms with Crippen molar-refractivity contribution in [1.82, 2.24) is 4.90 Å². The monoisotopic (exact) mass is 334 g/mol. The van der Waals surface area contributed by atoms with Gasteiger partial charge in [-0.2, -0.15) is 0 Å². The molecule has 3 nitrogen and oxygen atoms in total. The van der Waals surface area contributed by atoms with Gasteiger partial charge in [-0.25, -0.2) is 4.39 Å². The van der Waals surface area contributed by atoms with Gasteiger partial charge in [0.2, 0.25) is 0 Å². The van der Waals surface area contributed by atoms with Crippen LogP contribution < -0.4 is 5.73 Å². The molecule has 2 N–H and O–H groups in total. The minimum atomic E-state index is -0.497. The van der Waals surface area contributed by atoms with E-state index in [0.29, 0.717) is 22.7 Å². The Bertz CT molecular complexity index is 746. The summed E-state index contributed by atoms with van der Waals surface area (Å²) in [4.78, 5) is 13.7. The number of hydrogen-bond donors (Lipinski definition) is 1. The second kappa shape index (κ2) is 7.01. The van der Waals surface area contributed by atoms with E-state index < -0.39 is 5.82 Å². The van der Waals surface area contributed by atoms with E-state index >= 15 is 0 Å². The number of rotatable bonds is 1. The second-order valence-corrected chi connectivity index (χ2v) is 5.61. The number of hydrogen-bond acceptors (Lipinski definition) is 2. The molecule has 5 heteroatoms. The van der Waals surface area contributed by atoms with E-state index in [0.717, 1.165) is 17.5 Å². The van der Waals surface area contributed by atoms with E-state index in [1.165, 1.54) is 12.1 Å². The number of carbonyl (C=O) groups excluding carboxylic acids is 1. The number of fused-ring (bicyclic) bond motifs is 1. The van der Waals surface area contributed by atoms with E-state index in [2.05, 4.69) is 0 Å². The largest absolute Gasteiger partial charge is 0.396 e. The lowest BCUT2D eigenvalue weighted by Gasteiger charge is -2.25. The van der Waals surface area contributed by atoms with Gasteiger partial charge in [-0.3, -0.25) is 4.79 Å². The molecule has 122 valence electrons. The Hall–Kier alpha value is -2.07. The molecule has 23 heavy (non-hydrogen) atoms. The Labute approximate surface area is 140 Å². The molecule has 0 aliphatic carbocycles. The summed E-state index contributed by atoms with van der Waals surface area (Å²) in [6.07, 6.45) is 0.778. The first-order valence-corrected chi connectivity index (χ1v) is 7.98. The molecule has 0 radical (unpaired) electrons. The topological polar surface area (TPSA) is 46.3 Å². The van der Waals surface area contributed by atoms with Crippen LogP contribution in [0.2, 0.25) is 5.02 Å². The lowest BCUT2D eigenvalue weighted by Crippen LogP contribution is -2.34. The lowest BCUT2D eigenvalue weighted by atomic mass is 9.94. The molecule has 0 spiro atoms. The predicted octanol–water partition coefficient (Wildman–Crippen LogP) is 4.38. The van der Waals surface area contributed by atoms with Gasteiger partial charge >= 0.3 is 0 Å². The van der Waals surface area contributed by atoms with E-state index in [-0.39, 0.29) is 11.6 Å². The van der Waals surface area contributed by atoms with Crippen molar-refractivity contribution < 1.29 is 9.18 Å². The minimum Gasteiger partial charge on any atom is -0.396 e. The molecule has 1 amide bonds. The Kier molecular flexibility index (Phi) is 5.26. The zero-order valence-corrected chi connectivity index (χ0v) is 14.2. The molecule has 0 unspecified atom stereocenters. The van der Waals surface area contributed by atoms with Crippen LogP contribution in [0.25, 0.3) is 11.1 Å². The fourth-order valence-electron chi connectivity index (χ4n) is 2.56. The molecule has 0 bridgehead atoms. The van der Waals surface area contributed by atoms with Crippen LogP contribution in [0.15, 0.2) is 30.3 Å². The van der Waals surface area contributed by atoms with Crippen LogP contribution in [0.1, 0.15) is 29.8 Å². The number of nitrogen functional groups attached to an aromatic ring is 1. The standard InChI is InChI=1S/C16H14ClFN2O.C2H6/c1-20-5-4-10-6-9(2-3-11(10)16(20)21)12-7-14(18)15(19)8-13(12)17;1-2/h2-3,6-8H,4-5,19H2,1H3;1-2H3. The van der Waals surface area contributed by atoms with E-state index in [9.17, 15) is 9.18 Å². The average molecular weight is 335 g/mol. The summed E-state index contributed by atoms with van der Waals surface area (Å²) in [6, 6.07) is 8.19. The van der Waals surface area contributed by atoms with Crippen LogP contribution in [0.5, 0.6) is 0 Å². The van der Waals surface area contributed by atoms with Crippen LogP contribution >= 0.6 is 11.6 Å². The van der Waals surface area contributed by atoms with E-state index in [4.69, 9.17) is 17.3 Å². The SMILES string of the molecule is CC.CN1CCc2cc(-c3cc(F)c(N)cc3Cl)ccc2C1=O. The molecule has 2 aromatic carbocycles. The number of anilines is 1. The molecule has 2 aromatic rings. The highest BCUT2D eigenvalue weighted by Gasteiger charge is 2.22. The maximum Gasteiger partial charge on any atom is 0.253 e. The number of benzene rings is 2. The molecule has 1 aliphatic rings. The molecule has 1 aliphatic heterocycles. The van der Waals surface area contributed by atoms with Crippen molar-refractivity contribution in [3.63, 3.8) is 0 Å². The molecule has 0 saturated heterocycles. The van der Waals surface area contributed by atoms with Crippen molar-refractivity contribution in [3.05, 3.63) is 52.3 Å². The second-order valence-electron chi connectivity index (χ2n) is 5.20. The van der Waals surface area contributed by atoms with Crippen molar-refractivity contribution in [1.29, 1.82) is 0 Å². The Balaban J connectivity index is 0.000000924. The summed E-state index contributed by atoms with van der Waals surface area (Å²) in [5.41, 5.74) is 8.55. The number of carbonyl (C=O) groups is 1. The molecule has 0 saturated carbocycles. The van der Waals surface area contributed by atoms with Gasteiger partial charge < -0.3 is 10.6 Å². The summed E-state index contributed by atoms with van der Waals surface area (Å²) in [6.45, 7) is 4.68. The molecule has 0 aromatic heterocycles. The maximum absolute atomic E-state index is 13.7. The van der Waals surface area contributed by atoms with Crippen molar-refractivity contribution >= 4 is 23.2 Å². The van der Waals surface area contributed by atoms with Crippen LogP contribution in [0.3, 0.4) is 0 Å². The first-order chi connectivity index (χ1) is 11.0. The zero-order valence-electron chi connectivity index (χ0n) is 13.5. The van der Waals surface area contributed by atoms with Crippen molar-refractivity contribution in [2.75, 3.05) is 19.3 Å². The third kappa shape index (κ3) is 3.32. The fraction of sp³-hybridized carbons (Fsp3) is 0.278. The van der Waals surface area contributed by atoms with E-state index in [1.54, 1.807) is 24.1 Å². The van der Waals surface area contributed by atoms with Gasteiger partial charge in [-0.15, -0.1) is 0 Å². The molecule has 3 rings (SSSR count). The van der Waals surface area contributed by atoms with Gasteiger partial charge in [0.25, 0.3) is 5.91 Å². The predicted molar refractivity (Wildman–Crippen MR) is 93.3 cm³/mol. The maximum atomic E-state index is 13.7. The summed E-state index contributed by atoms with van der Waals surface area (Å²) >= 11 is 6.15. The minimum absolute atomic E-state index is 0.0115. The van der Waals surface area contributed by atoms with Crippen molar-refractivity contribution in [2.24, 2.45) is 0 Å². The number of amides is 1. The third-order valence-electron chi connectivity index (χ3n) is 3.80. The average Bonchev–Trinajstić information content (AvgIpc) is 2.56. The first-order valence-electron chi connectivity index (χ1n) is 7.60. The van der Waals surface area contributed by atoms with Gasteiger partial charge in [0.1, 0.15) is 5.82 Å². The number of halogens is 2. The van der Waals surface area contributed by atoms with Gasteiger partial charge in [-0.1, -0.05) is 37.6 Å². The molecule has 0 atom stereocenters. The molecule has 0 fully saturated rings. The molecular weight excluding hydrogens is 315 g/mol. The van der Waals surface area contributed by atoms with Crippen LogP contribution in [0, 0.1) is 5.82 Å². The van der Waals surface area contributed by atoms with Crippen LogP contribution in [-0.4, -0.2) is 24.4 Å². The summed E-state index contributed by atoms with van der Waals surface area (Å²) in [5.74, 6) is -0.486. The fourth-order valence-corrected chi connectivity index (χ4v) is 2.84. The number of nitrogens with zero attached hydrogens (tertiary/aromatic N) is 1. The van der Waals surface area contributed by atoms with Crippen molar-refractivity contribution in [2.45, 2.75) is 20.3 Å². The lowest BCUT2D eigenvalue weighted by molar-refractivity contribution is 0.0781. The van der Waals surface area contributed by atoms with Crippen LogP contribution in [0.4, 0.5) is 10.1 Å². The first kappa shape index (κ1) is 17.3. The van der Waals surface area contributed by atoms with Gasteiger partial charge in [0.05, 0.1) is 10.7 Å². The molecule has 1 heterocycles. The summed E-state index contributed by atoms with van der Waals surface area (Å²) in [7, 11) is 1.78. The Morgan fingerprint density at radius 1 is 1.17 bits per heavy atom.